The van der Waals surface area contributed by atoms with E-state index in [-0.39, 0.29) is 5.58 Å². The Kier molecular flexibility index (Phi) is 7.18. The molecule has 3 aromatic rings. The van der Waals surface area contributed by atoms with E-state index in [1.807, 2.05) is 0 Å². The number of hydrogen-bond acceptors (Lipinski definition) is 5. The molecule has 0 aliphatic heterocycles. The molecule has 0 fully saturated rings. The number of hydrogen-bond donors (Lipinski definition) is 0. The molecule has 3 rings (SSSR count). The van der Waals surface area contributed by atoms with E-state index in [0.717, 1.165) is 11.6 Å². The molecule has 0 saturated carbocycles. The van der Waals surface area contributed by atoms with Crippen LogP contribution in [-0.4, -0.2) is 35.5 Å². The lowest BCUT2D eigenvalue weighted by molar-refractivity contribution is 0.150. The van der Waals surface area contributed by atoms with Crippen molar-refractivity contribution in [3.05, 3.63) is 58.2 Å². The highest BCUT2D eigenvalue weighted by atomic mass is 28.3. The highest BCUT2D eigenvalue weighted by Gasteiger charge is 2.20. The highest BCUT2D eigenvalue weighted by Crippen LogP contribution is 2.36. The number of ether oxygens (including phenoxy) is 3. The summed E-state index contributed by atoms with van der Waals surface area (Å²) in [6.07, 6.45) is 0.490. The summed E-state index contributed by atoms with van der Waals surface area (Å²) in [5.41, 5.74) is 1.42. The van der Waals surface area contributed by atoms with Gasteiger partial charge >= 0.3 is 5.63 Å². The van der Waals surface area contributed by atoms with Crippen molar-refractivity contribution in [3.8, 4) is 22.6 Å². The molecular weight excluding hydrogens is 415 g/mol. The lowest BCUT2D eigenvalue weighted by Crippen LogP contribution is -2.22. The van der Waals surface area contributed by atoms with Crippen LogP contribution in [0.2, 0.25) is 25.7 Å². The first kappa shape index (κ1) is 23.0. The molecule has 0 saturated heterocycles. The maximum absolute atomic E-state index is 13.8. The molecule has 166 valence electrons. The number of methoxy groups -OCH3 is 2. The summed E-state index contributed by atoms with van der Waals surface area (Å²) in [5, 5.41) is 0.683. The van der Waals surface area contributed by atoms with Gasteiger partial charge in [0.25, 0.3) is 0 Å². The second kappa shape index (κ2) is 9.66. The SMILES string of the molecule is COc1ccc(-c2c(CCOCC[Si](C)(C)C)c3ccc(F)cc3oc2=O)c(OC)c1. The van der Waals surface area contributed by atoms with Crippen LogP contribution in [0, 0.1) is 5.82 Å². The molecule has 1 heterocycles. The molecule has 0 amide bonds. The second-order valence-electron chi connectivity index (χ2n) is 8.62. The summed E-state index contributed by atoms with van der Waals surface area (Å²) in [7, 11) is 1.91. The smallest absolute Gasteiger partial charge is 0.344 e. The van der Waals surface area contributed by atoms with Crippen LogP contribution < -0.4 is 15.1 Å². The Balaban J connectivity index is 2.06. The average molecular weight is 445 g/mol. The molecule has 0 atom stereocenters. The fourth-order valence-corrected chi connectivity index (χ4v) is 4.19. The Hall–Kier alpha value is -2.64. The van der Waals surface area contributed by atoms with Crippen LogP contribution in [0.1, 0.15) is 5.56 Å². The number of rotatable bonds is 9. The Bertz CT molecular complexity index is 1120. The molecule has 2 aromatic carbocycles. The van der Waals surface area contributed by atoms with Crippen LogP contribution in [-0.2, 0) is 11.2 Å². The van der Waals surface area contributed by atoms with Gasteiger partial charge in [-0.3, -0.25) is 0 Å². The predicted molar refractivity (Wildman–Crippen MR) is 124 cm³/mol. The third kappa shape index (κ3) is 5.54. The molecule has 31 heavy (non-hydrogen) atoms. The summed E-state index contributed by atoms with van der Waals surface area (Å²) in [6.45, 7) is 8.04. The Labute approximate surface area is 182 Å². The summed E-state index contributed by atoms with van der Waals surface area (Å²) in [6, 6.07) is 10.6. The fourth-order valence-electron chi connectivity index (χ4n) is 3.43. The van der Waals surface area contributed by atoms with Gasteiger partial charge < -0.3 is 18.6 Å². The van der Waals surface area contributed by atoms with Crippen LogP contribution in [0.4, 0.5) is 4.39 Å². The van der Waals surface area contributed by atoms with Crippen molar-refractivity contribution >= 4 is 19.0 Å². The normalized spacial score (nSPS) is 11.7. The molecule has 0 spiro atoms. The lowest BCUT2D eigenvalue weighted by atomic mass is 9.95. The second-order valence-corrected chi connectivity index (χ2v) is 14.2. The van der Waals surface area contributed by atoms with Gasteiger partial charge in [-0.15, -0.1) is 0 Å². The fraction of sp³-hybridized carbons (Fsp3) is 0.375. The van der Waals surface area contributed by atoms with Crippen LogP contribution in [0.25, 0.3) is 22.1 Å². The molecule has 0 aliphatic rings. The Morgan fingerprint density at radius 1 is 1.00 bits per heavy atom. The van der Waals surface area contributed by atoms with Gasteiger partial charge in [-0.1, -0.05) is 19.6 Å². The van der Waals surface area contributed by atoms with E-state index in [4.69, 9.17) is 18.6 Å². The van der Waals surface area contributed by atoms with Gasteiger partial charge in [0.2, 0.25) is 0 Å². The molecule has 1 aromatic heterocycles. The van der Waals surface area contributed by atoms with Crippen molar-refractivity contribution in [2.24, 2.45) is 0 Å². The zero-order valence-electron chi connectivity index (χ0n) is 18.7. The van der Waals surface area contributed by atoms with Crippen molar-refractivity contribution in [2.75, 3.05) is 27.4 Å². The van der Waals surface area contributed by atoms with Gasteiger partial charge in [0.15, 0.2) is 0 Å². The van der Waals surface area contributed by atoms with Crippen LogP contribution in [0.15, 0.2) is 45.6 Å². The monoisotopic (exact) mass is 444 g/mol. The van der Waals surface area contributed by atoms with Gasteiger partial charge in [-0.05, 0) is 42.3 Å². The molecule has 0 bridgehead atoms. The molecule has 0 radical (unpaired) electrons. The quantitative estimate of drug-likeness (QED) is 0.247. The van der Waals surface area contributed by atoms with E-state index >= 15 is 0 Å². The van der Waals surface area contributed by atoms with E-state index in [9.17, 15) is 9.18 Å². The van der Waals surface area contributed by atoms with E-state index in [0.29, 0.717) is 47.6 Å². The number of benzene rings is 2. The molecule has 0 N–H and O–H groups in total. The van der Waals surface area contributed by atoms with Crippen LogP contribution in [0.3, 0.4) is 0 Å². The largest absolute Gasteiger partial charge is 0.497 e. The van der Waals surface area contributed by atoms with Gasteiger partial charge in [0.05, 0.1) is 26.4 Å². The highest BCUT2D eigenvalue weighted by molar-refractivity contribution is 6.76. The van der Waals surface area contributed by atoms with Gasteiger partial charge in [-0.2, -0.15) is 0 Å². The third-order valence-electron chi connectivity index (χ3n) is 5.15. The average Bonchev–Trinajstić information content (AvgIpc) is 2.72. The summed E-state index contributed by atoms with van der Waals surface area (Å²) < 4.78 is 35.9. The molecule has 5 nitrogen and oxygen atoms in total. The van der Waals surface area contributed by atoms with Crippen molar-refractivity contribution in [3.63, 3.8) is 0 Å². The molecule has 0 aliphatic carbocycles. The van der Waals surface area contributed by atoms with Gasteiger partial charge in [0, 0.05) is 37.8 Å². The number of halogens is 1. The zero-order valence-corrected chi connectivity index (χ0v) is 19.7. The van der Waals surface area contributed by atoms with Gasteiger partial charge in [0.1, 0.15) is 22.9 Å². The summed E-state index contributed by atoms with van der Waals surface area (Å²) in [5.74, 6) is 0.654. The van der Waals surface area contributed by atoms with E-state index < -0.39 is 19.5 Å². The molecular formula is C24H29FO5Si. The van der Waals surface area contributed by atoms with Crippen molar-refractivity contribution in [1.29, 1.82) is 0 Å². The minimum atomic E-state index is -1.19. The van der Waals surface area contributed by atoms with Crippen LogP contribution in [0.5, 0.6) is 11.5 Å². The zero-order chi connectivity index (χ0) is 22.6. The van der Waals surface area contributed by atoms with E-state index in [1.54, 1.807) is 31.4 Å². The lowest BCUT2D eigenvalue weighted by Gasteiger charge is -2.17. The first-order valence-electron chi connectivity index (χ1n) is 10.3. The van der Waals surface area contributed by atoms with Crippen LogP contribution >= 0.6 is 0 Å². The van der Waals surface area contributed by atoms with Crippen molar-refractivity contribution in [2.45, 2.75) is 32.1 Å². The van der Waals surface area contributed by atoms with Crippen molar-refractivity contribution < 1.29 is 23.0 Å². The van der Waals surface area contributed by atoms with E-state index in [1.165, 1.54) is 19.2 Å². The summed E-state index contributed by atoms with van der Waals surface area (Å²) in [4.78, 5) is 13.0. The topological polar surface area (TPSA) is 57.9 Å². The number of fused-ring (bicyclic) bond motifs is 1. The molecule has 0 unspecified atom stereocenters. The first-order chi connectivity index (χ1) is 14.7. The standard InChI is InChI=1S/C24H29FO5Si/c1-27-17-7-9-20(21(15-17)28-2)23-19(10-11-29-12-13-31(3,4)5)18-8-6-16(25)14-22(18)30-24(23)26/h6-9,14-15H,10-13H2,1-5H3. The minimum absolute atomic E-state index is 0.221. The summed E-state index contributed by atoms with van der Waals surface area (Å²) >= 11 is 0. The third-order valence-corrected chi connectivity index (χ3v) is 6.85. The predicted octanol–water partition coefficient (Wildman–Crippen LogP) is 5.51. The maximum atomic E-state index is 13.8. The Morgan fingerprint density at radius 3 is 2.45 bits per heavy atom. The molecule has 7 heteroatoms. The van der Waals surface area contributed by atoms with Crippen molar-refractivity contribution in [1.82, 2.24) is 0 Å². The van der Waals surface area contributed by atoms with Gasteiger partial charge in [-0.25, -0.2) is 9.18 Å². The minimum Gasteiger partial charge on any atom is -0.497 e. The maximum Gasteiger partial charge on any atom is 0.344 e. The first-order valence-corrected chi connectivity index (χ1v) is 14.0. The Morgan fingerprint density at radius 2 is 1.77 bits per heavy atom. The van der Waals surface area contributed by atoms with E-state index in [2.05, 4.69) is 19.6 Å².